The van der Waals surface area contributed by atoms with E-state index in [1.54, 1.807) is 5.01 Å². The average Bonchev–Trinajstić information content (AvgIpc) is 1.88. The van der Waals surface area contributed by atoms with Crippen molar-refractivity contribution >= 4 is 6.09 Å². The van der Waals surface area contributed by atoms with Gasteiger partial charge >= 0.3 is 6.09 Å². The Hall–Kier alpha value is -1.03. The molecule has 0 bridgehead atoms. The molecule has 2 N–H and O–H groups in total. The lowest BCUT2D eigenvalue weighted by molar-refractivity contribution is 0.145. The zero-order chi connectivity index (χ0) is 7.40. The summed E-state index contributed by atoms with van der Waals surface area (Å²) >= 11 is 0. The highest BCUT2D eigenvalue weighted by atomic mass is 16.4. The third kappa shape index (κ3) is 2.06. The summed E-state index contributed by atoms with van der Waals surface area (Å²) in [6.45, 7) is 1.44. The molecule has 1 amide bonds. The van der Waals surface area contributed by atoms with Crippen LogP contribution in [-0.2, 0) is 0 Å². The molecular formula is C6H10N2O2. The van der Waals surface area contributed by atoms with E-state index in [-0.39, 0.29) is 0 Å². The molecule has 1 rings (SSSR count). The summed E-state index contributed by atoms with van der Waals surface area (Å²) in [7, 11) is 0. The van der Waals surface area contributed by atoms with Crippen LogP contribution < -0.4 is 5.43 Å². The maximum Gasteiger partial charge on any atom is 0.419 e. The number of nitrogens with one attached hydrogen (secondary N) is 1. The Labute approximate surface area is 59.1 Å². The molecule has 0 unspecified atom stereocenters. The second-order valence-electron chi connectivity index (χ2n) is 2.12. The summed E-state index contributed by atoms with van der Waals surface area (Å²) in [6, 6.07) is 0. The lowest BCUT2D eigenvalue weighted by Crippen LogP contribution is -2.43. The van der Waals surface area contributed by atoms with Gasteiger partial charge in [-0.2, -0.15) is 0 Å². The van der Waals surface area contributed by atoms with Crippen molar-refractivity contribution in [3.8, 4) is 0 Å². The number of hydrogen-bond acceptors (Lipinski definition) is 2. The molecular weight excluding hydrogens is 132 g/mol. The summed E-state index contributed by atoms with van der Waals surface area (Å²) in [4.78, 5) is 10.1. The molecule has 0 spiro atoms. The molecule has 4 nitrogen and oxygen atoms in total. The number of rotatable bonds is 1. The molecule has 4 heteroatoms. The van der Waals surface area contributed by atoms with Gasteiger partial charge in [-0.3, -0.25) is 5.43 Å². The maximum atomic E-state index is 10.1. The van der Waals surface area contributed by atoms with Gasteiger partial charge in [0.25, 0.3) is 0 Å². The van der Waals surface area contributed by atoms with Crippen molar-refractivity contribution in [1.82, 2.24) is 10.4 Å². The van der Waals surface area contributed by atoms with Crippen molar-refractivity contribution < 1.29 is 9.90 Å². The van der Waals surface area contributed by atoms with E-state index in [0.29, 0.717) is 6.54 Å². The maximum absolute atomic E-state index is 10.1. The van der Waals surface area contributed by atoms with Crippen molar-refractivity contribution in [3.63, 3.8) is 0 Å². The molecule has 1 heterocycles. The van der Waals surface area contributed by atoms with Crippen LogP contribution in [0.1, 0.15) is 6.42 Å². The predicted octanol–water partition coefficient (Wildman–Crippen LogP) is 0.431. The molecule has 0 aromatic heterocycles. The minimum absolute atomic E-state index is 0.673. The fraction of sp³-hybridized carbons (Fsp3) is 0.500. The van der Waals surface area contributed by atoms with E-state index in [0.717, 1.165) is 13.0 Å². The fourth-order valence-electron chi connectivity index (χ4n) is 0.878. The van der Waals surface area contributed by atoms with Crippen LogP contribution in [0.25, 0.3) is 0 Å². The molecule has 0 radical (unpaired) electrons. The van der Waals surface area contributed by atoms with E-state index in [1.807, 2.05) is 12.2 Å². The lowest BCUT2D eigenvalue weighted by Gasteiger charge is -2.21. The predicted molar refractivity (Wildman–Crippen MR) is 36.5 cm³/mol. The van der Waals surface area contributed by atoms with E-state index in [9.17, 15) is 4.79 Å². The van der Waals surface area contributed by atoms with Crippen LogP contribution in [0.5, 0.6) is 0 Å². The Morgan fingerprint density at radius 3 is 2.90 bits per heavy atom. The van der Waals surface area contributed by atoms with Gasteiger partial charge in [-0.05, 0) is 6.42 Å². The quantitative estimate of drug-likeness (QED) is 0.522. The van der Waals surface area contributed by atoms with Crippen molar-refractivity contribution in [2.75, 3.05) is 13.1 Å². The largest absolute Gasteiger partial charge is 0.464 e. The van der Waals surface area contributed by atoms with Crippen LogP contribution in [0.2, 0.25) is 0 Å². The number of amides is 1. The number of nitrogens with zero attached hydrogens (tertiary/aromatic N) is 1. The first-order valence-electron chi connectivity index (χ1n) is 3.18. The first-order chi connectivity index (χ1) is 4.79. The third-order valence-electron chi connectivity index (χ3n) is 1.31. The molecule has 0 aromatic carbocycles. The molecule has 56 valence electrons. The van der Waals surface area contributed by atoms with Crippen LogP contribution in [0.3, 0.4) is 0 Å². The lowest BCUT2D eigenvalue weighted by atomic mass is 10.3. The number of carbonyl (C=O) groups is 1. The Kier molecular flexibility index (Phi) is 2.28. The molecule has 0 fully saturated rings. The van der Waals surface area contributed by atoms with Gasteiger partial charge in [0.05, 0.1) is 0 Å². The summed E-state index contributed by atoms with van der Waals surface area (Å²) in [5.41, 5.74) is 2.28. The minimum atomic E-state index is -0.990. The van der Waals surface area contributed by atoms with Crippen molar-refractivity contribution in [2.45, 2.75) is 6.42 Å². The molecule has 10 heavy (non-hydrogen) atoms. The van der Waals surface area contributed by atoms with Crippen LogP contribution in [0, 0.1) is 0 Å². The van der Waals surface area contributed by atoms with Gasteiger partial charge in [0.1, 0.15) is 0 Å². The van der Waals surface area contributed by atoms with Crippen molar-refractivity contribution in [2.24, 2.45) is 0 Å². The van der Waals surface area contributed by atoms with Gasteiger partial charge in [-0.15, -0.1) is 0 Å². The molecule has 1 aliphatic heterocycles. The SMILES string of the molecule is O=C(O)NN1CC=CCC1. The van der Waals surface area contributed by atoms with Gasteiger partial charge in [-0.1, -0.05) is 12.2 Å². The monoisotopic (exact) mass is 142 g/mol. The highest BCUT2D eigenvalue weighted by molar-refractivity contribution is 5.63. The first-order valence-corrected chi connectivity index (χ1v) is 3.18. The Balaban J connectivity index is 2.28. The molecule has 1 aliphatic rings. The molecule has 0 atom stereocenters. The van der Waals surface area contributed by atoms with Crippen LogP contribution in [-0.4, -0.2) is 29.3 Å². The molecule has 0 saturated heterocycles. The standard InChI is InChI=1S/C6H10N2O2/c9-6(10)7-8-4-2-1-3-5-8/h1-2,7H,3-5H2,(H,9,10). The van der Waals surface area contributed by atoms with Crippen LogP contribution >= 0.6 is 0 Å². The summed E-state index contributed by atoms with van der Waals surface area (Å²) in [5.74, 6) is 0. The topological polar surface area (TPSA) is 52.6 Å². The molecule has 0 saturated carbocycles. The van der Waals surface area contributed by atoms with E-state index < -0.39 is 6.09 Å². The van der Waals surface area contributed by atoms with E-state index in [4.69, 9.17) is 5.11 Å². The Morgan fingerprint density at radius 1 is 1.60 bits per heavy atom. The van der Waals surface area contributed by atoms with Crippen LogP contribution in [0.4, 0.5) is 4.79 Å². The normalized spacial score (nSPS) is 18.8. The number of carboxylic acid groups (broad SMARTS) is 1. The highest BCUT2D eigenvalue weighted by Gasteiger charge is 2.06. The Morgan fingerprint density at radius 2 is 2.40 bits per heavy atom. The number of hydrazine groups is 1. The van der Waals surface area contributed by atoms with Gasteiger partial charge in [-0.25, -0.2) is 9.80 Å². The number of hydrogen-bond donors (Lipinski definition) is 2. The van der Waals surface area contributed by atoms with Gasteiger partial charge in [0, 0.05) is 13.1 Å². The summed E-state index contributed by atoms with van der Waals surface area (Å²) < 4.78 is 0. The van der Waals surface area contributed by atoms with Crippen LogP contribution in [0.15, 0.2) is 12.2 Å². The zero-order valence-corrected chi connectivity index (χ0v) is 5.58. The van der Waals surface area contributed by atoms with E-state index >= 15 is 0 Å². The molecule has 0 aliphatic carbocycles. The van der Waals surface area contributed by atoms with Gasteiger partial charge in [0.15, 0.2) is 0 Å². The second-order valence-corrected chi connectivity index (χ2v) is 2.12. The van der Waals surface area contributed by atoms with E-state index in [1.165, 1.54) is 0 Å². The average molecular weight is 142 g/mol. The first kappa shape index (κ1) is 7.08. The fourth-order valence-corrected chi connectivity index (χ4v) is 0.878. The minimum Gasteiger partial charge on any atom is -0.464 e. The van der Waals surface area contributed by atoms with Gasteiger partial charge < -0.3 is 5.11 Å². The summed E-state index contributed by atoms with van der Waals surface area (Å²) in [6.07, 6.45) is 3.91. The zero-order valence-electron chi connectivity index (χ0n) is 5.58. The van der Waals surface area contributed by atoms with E-state index in [2.05, 4.69) is 5.43 Å². The smallest absolute Gasteiger partial charge is 0.419 e. The van der Waals surface area contributed by atoms with Crippen molar-refractivity contribution in [1.29, 1.82) is 0 Å². The highest BCUT2D eigenvalue weighted by Crippen LogP contribution is 1.96. The third-order valence-corrected chi connectivity index (χ3v) is 1.31. The summed E-state index contributed by atoms with van der Waals surface area (Å²) in [5, 5.41) is 9.94. The second kappa shape index (κ2) is 3.22. The van der Waals surface area contributed by atoms with Crippen molar-refractivity contribution in [3.05, 3.63) is 12.2 Å². The van der Waals surface area contributed by atoms with Gasteiger partial charge in [0.2, 0.25) is 0 Å². The Bertz CT molecular complexity index is 156. The molecule has 0 aromatic rings.